The average Bonchev–Trinajstić information content (AvgIpc) is 2.62. The van der Waals surface area contributed by atoms with Crippen LogP contribution in [-0.2, 0) is 19.5 Å². The van der Waals surface area contributed by atoms with Gasteiger partial charge in [0.05, 0.1) is 24.9 Å². The Morgan fingerprint density at radius 3 is 2.84 bits per heavy atom. The summed E-state index contributed by atoms with van der Waals surface area (Å²) in [6.07, 6.45) is 2.49. The van der Waals surface area contributed by atoms with E-state index in [0.717, 1.165) is 29.8 Å². The molecule has 1 amide bonds. The van der Waals surface area contributed by atoms with Gasteiger partial charge in [0, 0.05) is 25.8 Å². The minimum atomic E-state index is -0.622. The Morgan fingerprint density at radius 1 is 1.36 bits per heavy atom. The first kappa shape index (κ1) is 17.4. The zero-order chi connectivity index (χ0) is 18.0. The summed E-state index contributed by atoms with van der Waals surface area (Å²) in [6, 6.07) is 3.76. The first-order valence-corrected chi connectivity index (χ1v) is 8.17. The summed E-state index contributed by atoms with van der Waals surface area (Å²) in [5.41, 5.74) is 8.07. The van der Waals surface area contributed by atoms with E-state index in [0.29, 0.717) is 29.6 Å². The molecule has 1 aliphatic heterocycles. The molecule has 0 atom stereocenters. The van der Waals surface area contributed by atoms with Crippen LogP contribution >= 0.6 is 11.6 Å². The molecule has 132 valence electrons. The van der Waals surface area contributed by atoms with Crippen LogP contribution in [0.1, 0.15) is 27.4 Å². The molecule has 2 heterocycles. The van der Waals surface area contributed by atoms with Gasteiger partial charge in [-0.05, 0) is 23.6 Å². The van der Waals surface area contributed by atoms with E-state index < -0.39 is 5.91 Å². The largest absolute Gasteiger partial charge is 0.493 e. The van der Waals surface area contributed by atoms with E-state index >= 15 is 0 Å². The Hall–Kier alpha value is -2.38. The van der Waals surface area contributed by atoms with Crippen molar-refractivity contribution in [3.8, 4) is 11.5 Å². The maximum absolute atomic E-state index is 11.3. The van der Waals surface area contributed by atoms with Gasteiger partial charge in [0.2, 0.25) is 5.82 Å². The SMILES string of the molecule is COc1ccc(CN2CCc3cnc(C(N)=O)nc3C2)c(Cl)c1OC. The minimum absolute atomic E-state index is 0.0461. The fourth-order valence-corrected chi connectivity index (χ4v) is 3.20. The van der Waals surface area contributed by atoms with E-state index in [2.05, 4.69) is 14.9 Å². The molecule has 1 aromatic carbocycles. The van der Waals surface area contributed by atoms with Gasteiger partial charge in [-0.2, -0.15) is 0 Å². The summed E-state index contributed by atoms with van der Waals surface area (Å²) in [7, 11) is 3.14. The molecule has 0 unspecified atom stereocenters. The van der Waals surface area contributed by atoms with Gasteiger partial charge in [-0.3, -0.25) is 9.69 Å². The Bertz CT molecular complexity index is 813. The number of benzene rings is 1. The molecule has 2 aromatic rings. The van der Waals surface area contributed by atoms with Crippen LogP contribution in [0.2, 0.25) is 5.02 Å². The van der Waals surface area contributed by atoms with Crippen LogP contribution in [0.15, 0.2) is 18.3 Å². The van der Waals surface area contributed by atoms with Gasteiger partial charge in [0.15, 0.2) is 11.5 Å². The number of amides is 1. The minimum Gasteiger partial charge on any atom is -0.493 e. The second kappa shape index (κ2) is 7.25. The number of fused-ring (bicyclic) bond motifs is 1. The van der Waals surface area contributed by atoms with Gasteiger partial charge in [0.1, 0.15) is 0 Å². The topological polar surface area (TPSA) is 90.6 Å². The van der Waals surface area contributed by atoms with Crippen molar-refractivity contribution < 1.29 is 14.3 Å². The Labute approximate surface area is 150 Å². The van der Waals surface area contributed by atoms with E-state index in [-0.39, 0.29) is 5.82 Å². The molecule has 3 rings (SSSR count). The second-order valence-electron chi connectivity index (χ2n) is 5.76. The van der Waals surface area contributed by atoms with Gasteiger partial charge >= 0.3 is 0 Å². The fraction of sp³-hybridized carbons (Fsp3) is 0.353. The van der Waals surface area contributed by atoms with E-state index in [4.69, 9.17) is 26.8 Å². The Morgan fingerprint density at radius 2 is 2.16 bits per heavy atom. The number of nitrogens with zero attached hydrogens (tertiary/aromatic N) is 3. The first-order chi connectivity index (χ1) is 12.0. The highest BCUT2D eigenvalue weighted by Crippen LogP contribution is 2.38. The first-order valence-electron chi connectivity index (χ1n) is 7.79. The molecule has 0 fully saturated rings. The number of ether oxygens (including phenoxy) is 2. The molecule has 2 N–H and O–H groups in total. The Balaban J connectivity index is 1.81. The highest BCUT2D eigenvalue weighted by Gasteiger charge is 2.22. The van der Waals surface area contributed by atoms with Crippen LogP contribution in [0.3, 0.4) is 0 Å². The normalized spacial score (nSPS) is 14.0. The van der Waals surface area contributed by atoms with Crippen molar-refractivity contribution in [3.05, 3.63) is 46.0 Å². The van der Waals surface area contributed by atoms with Gasteiger partial charge < -0.3 is 15.2 Å². The molecular formula is C17H19ClN4O3. The predicted molar refractivity (Wildman–Crippen MR) is 92.9 cm³/mol. The van der Waals surface area contributed by atoms with E-state index in [1.54, 1.807) is 20.4 Å². The lowest BCUT2D eigenvalue weighted by Crippen LogP contribution is -2.32. The third kappa shape index (κ3) is 3.52. The second-order valence-corrected chi connectivity index (χ2v) is 6.14. The number of aromatic nitrogens is 2. The zero-order valence-corrected chi connectivity index (χ0v) is 14.8. The Kier molecular flexibility index (Phi) is 5.06. The third-order valence-electron chi connectivity index (χ3n) is 4.20. The molecule has 7 nitrogen and oxygen atoms in total. The number of carbonyl (C=O) groups excluding carboxylic acids is 1. The highest BCUT2D eigenvalue weighted by molar-refractivity contribution is 6.33. The maximum atomic E-state index is 11.3. The average molecular weight is 363 g/mol. The summed E-state index contributed by atoms with van der Waals surface area (Å²) in [4.78, 5) is 21.8. The molecule has 8 heteroatoms. The number of nitrogens with two attached hydrogens (primary N) is 1. The molecular weight excluding hydrogens is 344 g/mol. The van der Waals surface area contributed by atoms with Crippen molar-refractivity contribution in [1.82, 2.24) is 14.9 Å². The van der Waals surface area contributed by atoms with Gasteiger partial charge in [-0.1, -0.05) is 17.7 Å². The van der Waals surface area contributed by atoms with Gasteiger partial charge in [-0.25, -0.2) is 9.97 Å². The molecule has 0 saturated carbocycles. The lowest BCUT2D eigenvalue weighted by Gasteiger charge is -2.28. The van der Waals surface area contributed by atoms with Crippen molar-refractivity contribution in [2.75, 3.05) is 20.8 Å². The molecule has 1 aliphatic rings. The monoisotopic (exact) mass is 362 g/mol. The van der Waals surface area contributed by atoms with Crippen LogP contribution in [0.5, 0.6) is 11.5 Å². The molecule has 0 spiro atoms. The number of rotatable bonds is 5. The molecule has 25 heavy (non-hydrogen) atoms. The lowest BCUT2D eigenvalue weighted by atomic mass is 10.1. The maximum Gasteiger partial charge on any atom is 0.286 e. The van der Waals surface area contributed by atoms with E-state index in [1.165, 1.54) is 0 Å². The number of hydrogen-bond acceptors (Lipinski definition) is 6. The molecule has 0 bridgehead atoms. The quantitative estimate of drug-likeness (QED) is 0.872. The molecule has 0 saturated heterocycles. The summed E-state index contributed by atoms with van der Waals surface area (Å²) in [6.45, 7) is 2.08. The fourth-order valence-electron chi connectivity index (χ4n) is 2.90. The van der Waals surface area contributed by atoms with Gasteiger partial charge in [0.25, 0.3) is 5.91 Å². The standard InChI is InChI=1S/C17H19ClN4O3/c1-24-13-4-3-11(14(18)15(13)25-2)8-22-6-5-10-7-20-17(16(19)23)21-12(10)9-22/h3-4,7H,5-6,8-9H2,1-2H3,(H2,19,23). The van der Waals surface area contributed by atoms with Crippen molar-refractivity contribution in [1.29, 1.82) is 0 Å². The predicted octanol–water partition coefficient (Wildman–Crippen LogP) is 1.80. The van der Waals surface area contributed by atoms with E-state index in [1.807, 2.05) is 12.1 Å². The summed E-state index contributed by atoms with van der Waals surface area (Å²) < 4.78 is 10.6. The summed E-state index contributed by atoms with van der Waals surface area (Å²) in [5.74, 6) is 0.545. The van der Waals surface area contributed by atoms with Crippen LogP contribution in [0.25, 0.3) is 0 Å². The van der Waals surface area contributed by atoms with Crippen molar-refractivity contribution >= 4 is 17.5 Å². The van der Waals surface area contributed by atoms with Crippen LogP contribution in [0, 0.1) is 0 Å². The number of methoxy groups -OCH3 is 2. The van der Waals surface area contributed by atoms with Crippen molar-refractivity contribution in [2.45, 2.75) is 19.5 Å². The molecule has 0 radical (unpaired) electrons. The highest BCUT2D eigenvalue weighted by atomic mass is 35.5. The van der Waals surface area contributed by atoms with Crippen LogP contribution in [-0.4, -0.2) is 41.5 Å². The summed E-state index contributed by atoms with van der Waals surface area (Å²) >= 11 is 6.46. The van der Waals surface area contributed by atoms with Gasteiger partial charge in [-0.15, -0.1) is 0 Å². The van der Waals surface area contributed by atoms with Crippen molar-refractivity contribution in [2.24, 2.45) is 5.73 Å². The van der Waals surface area contributed by atoms with Crippen LogP contribution in [0.4, 0.5) is 0 Å². The zero-order valence-electron chi connectivity index (χ0n) is 14.1. The molecule has 1 aromatic heterocycles. The third-order valence-corrected chi connectivity index (χ3v) is 4.62. The van der Waals surface area contributed by atoms with Crippen LogP contribution < -0.4 is 15.2 Å². The number of primary amides is 1. The van der Waals surface area contributed by atoms with Crippen molar-refractivity contribution in [3.63, 3.8) is 0 Å². The lowest BCUT2D eigenvalue weighted by molar-refractivity contribution is 0.0989. The van der Waals surface area contributed by atoms with E-state index in [9.17, 15) is 4.79 Å². The number of carbonyl (C=O) groups is 1. The number of hydrogen-bond donors (Lipinski definition) is 1. The molecule has 0 aliphatic carbocycles. The smallest absolute Gasteiger partial charge is 0.286 e. The summed E-state index contributed by atoms with van der Waals surface area (Å²) in [5, 5.41) is 0.535. The number of halogens is 1.